The summed E-state index contributed by atoms with van der Waals surface area (Å²) < 4.78 is 27.1. The minimum Gasteiger partial charge on any atom is -0.321 e. The van der Waals surface area contributed by atoms with Crippen molar-refractivity contribution in [1.29, 1.82) is 0 Å². The first kappa shape index (κ1) is 25.7. The second kappa shape index (κ2) is 11.1. The molecule has 0 unspecified atom stereocenters. The number of nitrogens with zero attached hydrogens (tertiary/aromatic N) is 3. The molecule has 184 valence electrons. The molecule has 0 aliphatic rings. The number of para-hydroxylation sites is 1. The number of halogens is 1. The standard InChI is InChI=1S/C26H23ClN4O3S2/c1-18-8-6-7-9-19(18)17-35-26-28-16-23(27)24(30-26)25(32)29-20-12-14-22(15-13-20)36(33,34)31(2)21-10-4-3-5-11-21/h3-16H,17H2,1-2H3,(H,29,32). The summed E-state index contributed by atoms with van der Waals surface area (Å²) in [6.07, 6.45) is 1.40. The van der Waals surface area contributed by atoms with Gasteiger partial charge in [-0.25, -0.2) is 18.4 Å². The zero-order valence-corrected chi connectivity index (χ0v) is 21.9. The first-order valence-corrected chi connectivity index (χ1v) is 13.7. The Hall–Kier alpha value is -3.40. The van der Waals surface area contributed by atoms with Gasteiger partial charge in [0, 0.05) is 18.5 Å². The summed E-state index contributed by atoms with van der Waals surface area (Å²) in [5.41, 5.74) is 3.31. The van der Waals surface area contributed by atoms with Gasteiger partial charge in [-0.05, 0) is 54.4 Å². The topological polar surface area (TPSA) is 92.3 Å². The number of hydrogen-bond acceptors (Lipinski definition) is 6. The van der Waals surface area contributed by atoms with Crippen LogP contribution in [0, 0.1) is 6.92 Å². The average molecular weight is 539 g/mol. The Labute approximate surface area is 219 Å². The summed E-state index contributed by atoms with van der Waals surface area (Å²) in [5.74, 6) is 0.139. The van der Waals surface area contributed by atoms with Gasteiger partial charge in [-0.15, -0.1) is 0 Å². The van der Waals surface area contributed by atoms with Gasteiger partial charge in [-0.1, -0.05) is 65.8 Å². The van der Waals surface area contributed by atoms with Crippen LogP contribution in [-0.2, 0) is 15.8 Å². The molecule has 0 atom stereocenters. The molecule has 0 fully saturated rings. The van der Waals surface area contributed by atoms with Crippen molar-refractivity contribution in [3.8, 4) is 0 Å². The van der Waals surface area contributed by atoms with Crippen LogP contribution in [0.3, 0.4) is 0 Å². The highest BCUT2D eigenvalue weighted by Crippen LogP contribution is 2.25. The number of nitrogens with one attached hydrogen (secondary N) is 1. The summed E-state index contributed by atoms with van der Waals surface area (Å²) in [5, 5.41) is 3.27. The normalized spacial score (nSPS) is 11.2. The molecule has 1 amide bonds. The summed E-state index contributed by atoms with van der Waals surface area (Å²) in [6.45, 7) is 2.04. The number of anilines is 2. The molecule has 1 aromatic heterocycles. The third-order valence-electron chi connectivity index (χ3n) is 5.45. The lowest BCUT2D eigenvalue weighted by atomic mass is 10.1. The molecule has 36 heavy (non-hydrogen) atoms. The second-order valence-electron chi connectivity index (χ2n) is 7.85. The smallest absolute Gasteiger partial charge is 0.275 e. The van der Waals surface area contributed by atoms with Crippen molar-refractivity contribution >= 4 is 50.7 Å². The summed E-state index contributed by atoms with van der Waals surface area (Å²) in [7, 11) is -2.27. The Balaban J connectivity index is 1.46. The molecule has 0 saturated heterocycles. The molecular formula is C26H23ClN4O3S2. The van der Waals surface area contributed by atoms with E-state index >= 15 is 0 Å². The molecule has 0 bridgehead atoms. The van der Waals surface area contributed by atoms with E-state index in [2.05, 4.69) is 15.3 Å². The Morgan fingerprint density at radius 1 is 1.00 bits per heavy atom. The van der Waals surface area contributed by atoms with E-state index in [1.165, 1.54) is 53.6 Å². The van der Waals surface area contributed by atoms with Gasteiger partial charge in [0.15, 0.2) is 10.9 Å². The van der Waals surface area contributed by atoms with Crippen molar-refractivity contribution in [3.63, 3.8) is 0 Å². The van der Waals surface area contributed by atoms with Gasteiger partial charge in [0.05, 0.1) is 21.8 Å². The van der Waals surface area contributed by atoms with Gasteiger partial charge in [-0.2, -0.15) is 0 Å². The van der Waals surface area contributed by atoms with Crippen molar-refractivity contribution in [2.45, 2.75) is 22.7 Å². The van der Waals surface area contributed by atoms with E-state index in [0.717, 1.165) is 11.1 Å². The van der Waals surface area contributed by atoms with Crippen LogP contribution in [0.15, 0.2) is 95.1 Å². The maximum atomic E-state index is 13.0. The molecule has 0 aliphatic carbocycles. The van der Waals surface area contributed by atoms with E-state index in [1.807, 2.05) is 37.3 Å². The molecule has 3 aromatic carbocycles. The number of carbonyl (C=O) groups excluding carboxylic acids is 1. The first-order chi connectivity index (χ1) is 17.3. The van der Waals surface area contributed by atoms with Crippen LogP contribution >= 0.6 is 23.4 Å². The maximum absolute atomic E-state index is 13.0. The Morgan fingerprint density at radius 3 is 2.36 bits per heavy atom. The Morgan fingerprint density at radius 2 is 1.67 bits per heavy atom. The lowest BCUT2D eigenvalue weighted by Gasteiger charge is -2.19. The van der Waals surface area contributed by atoms with Gasteiger partial charge >= 0.3 is 0 Å². The van der Waals surface area contributed by atoms with Crippen molar-refractivity contribution in [2.24, 2.45) is 0 Å². The van der Waals surface area contributed by atoms with E-state index in [0.29, 0.717) is 22.3 Å². The van der Waals surface area contributed by atoms with E-state index in [9.17, 15) is 13.2 Å². The van der Waals surface area contributed by atoms with Crippen LogP contribution in [0.4, 0.5) is 11.4 Å². The molecule has 10 heteroatoms. The third-order valence-corrected chi connectivity index (χ3v) is 8.43. The van der Waals surface area contributed by atoms with E-state index in [-0.39, 0.29) is 15.6 Å². The lowest BCUT2D eigenvalue weighted by molar-refractivity contribution is 0.102. The maximum Gasteiger partial charge on any atom is 0.275 e. The molecule has 7 nitrogen and oxygen atoms in total. The van der Waals surface area contributed by atoms with E-state index < -0.39 is 15.9 Å². The summed E-state index contributed by atoms with van der Waals surface area (Å²) >= 11 is 7.61. The average Bonchev–Trinajstić information content (AvgIpc) is 2.89. The van der Waals surface area contributed by atoms with Gasteiger partial charge in [-0.3, -0.25) is 9.10 Å². The van der Waals surface area contributed by atoms with Crippen molar-refractivity contribution in [1.82, 2.24) is 9.97 Å². The minimum atomic E-state index is -3.76. The summed E-state index contributed by atoms with van der Waals surface area (Å²) in [6, 6.07) is 22.7. The molecule has 0 radical (unpaired) electrons. The van der Waals surface area contributed by atoms with Gasteiger partial charge in [0.2, 0.25) is 0 Å². The number of aryl methyl sites for hydroxylation is 1. The highest BCUT2D eigenvalue weighted by atomic mass is 35.5. The molecule has 4 rings (SSSR count). The summed E-state index contributed by atoms with van der Waals surface area (Å²) in [4.78, 5) is 21.5. The van der Waals surface area contributed by atoms with Crippen LogP contribution in [0.5, 0.6) is 0 Å². The number of benzene rings is 3. The van der Waals surface area contributed by atoms with Gasteiger partial charge < -0.3 is 5.32 Å². The van der Waals surface area contributed by atoms with Gasteiger partial charge in [0.25, 0.3) is 15.9 Å². The number of aromatic nitrogens is 2. The number of rotatable bonds is 8. The van der Waals surface area contributed by atoms with Crippen molar-refractivity contribution in [3.05, 3.63) is 107 Å². The molecule has 0 spiro atoms. The van der Waals surface area contributed by atoms with Crippen molar-refractivity contribution in [2.75, 3.05) is 16.7 Å². The second-order valence-corrected chi connectivity index (χ2v) is 11.2. The fraction of sp³-hybridized carbons (Fsp3) is 0.115. The zero-order valence-electron chi connectivity index (χ0n) is 19.6. The fourth-order valence-electron chi connectivity index (χ4n) is 3.33. The highest BCUT2D eigenvalue weighted by Gasteiger charge is 2.21. The molecule has 1 heterocycles. The minimum absolute atomic E-state index is 0.0412. The number of thioether (sulfide) groups is 1. The molecule has 0 aliphatic heterocycles. The Kier molecular flexibility index (Phi) is 7.93. The number of hydrogen-bond donors (Lipinski definition) is 1. The van der Waals surface area contributed by atoms with Crippen LogP contribution < -0.4 is 9.62 Å². The van der Waals surface area contributed by atoms with E-state index in [4.69, 9.17) is 11.6 Å². The largest absolute Gasteiger partial charge is 0.321 e. The van der Waals surface area contributed by atoms with Crippen LogP contribution in [0.25, 0.3) is 0 Å². The zero-order chi connectivity index (χ0) is 25.7. The lowest BCUT2D eigenvalue weighted by Crippen LogP contribution is -2.26. The fourth-order valence-corrected chi connectivity index (χ4v) is 5.59. The van der Waals surface area contributed by atoms with E-state index in [1.54, 1.807) is 24.3 Å². The molecule has 1 N–H and O–H groups in total. The van der Waals surface area contributed by atoms with Crippen molar-refractivity contribution < 1.29 is 13.2 Å². The van der Waals surface area contributed by atoms with Gasteiger partial charge in [0.1, 0.15) is 0 Å². The number of carbonyl (C=O) groups is 1. The quantitative estimate of drug-likeness (QED) is 0.225. The number of amides is 1. The molecule has 0 saturated carbocycles. The predicted octanol–water partition coefficient (Wildman–Crippen LogP) is 5.81. The SMILES string of the molecule is Cc1ccccc1CSc1ncc(Cl)c(C(=O)Nc2ccc(S(=O)(=O)N(C)c3ccccc3)cc2)n1. The predicted molar refractivity (Wildman–Crippen MR) is 144 cm³/mol. The van der Waals surface area contributed by atoms with Crippen LogP contribution in [-0.4, -0.2) is 31.3 Å². The number of sulfonamides is 1. The first-order valence-electron chi connectivity index (χ1n) is 10.9. The Bertz CT molecular complexity index is 1480. The molecule has 4 aromatic rings. The monoisotopic (exact) mass is 538 g/mol. The molecular weight excluding hydrogens is 516 g/mol. The van der Waals surface area contributed by atoms with Crippen LogP contribution in [0.1, 0.15) is 21.6 Å². The third kappa shape index (κ3) is 5.87. The van der Waals surface area contributed by atoms with Crippen LogP contribution in [0.2, 0.25) is 5.02 Å². The highest BCUT2D eigenvalue weighted by molar-refractivity contribution is 7.98.